The number of hydrogen-bond acceptors (Lipinski definition) is 6. The van der Waals surface area contributed by atoms with Gasteiger partial charge in [0.05, 0.1) is 22.9 Å². The van der Waals surface area contributed by atoms with Gasteiger partial charge < -0.3 is 9.63 Å². The van der Waals surface area contributed by atoms with E-state index in [0.717, 1.165) is 16.6 Å². The molecule has 1 fully saturated rings. The predicted molar refractivity (Wildman–Crippen MR) is 71.3 cm³/mol. The van der Waals surface area contributed by atoms with Gasteiger partial charge in [-0.05, 0) is 24.6 Å². The molecule has 4 rings (SSSR count). The lowest BCUT2D eigenvalue weighted by Gasteiger charge is -1.97. The lowest BCUT2D eigenvalue weighted by Crippen LogP contribution is -1.98. The maximum Gasteiger partial charge on any atom is 0.307 e. The molecule has 0 amide bonds. The van der Waals surface area contributed by atoms with E-state index >= 15 is 0 Å². The molecular formula is C14H10N4O3. The van der Waals surface area contributed by atoms with Crippen LogP contribution < -0.4 is 0 Å². The first-order valence-electron chi connectivity index (χ1n) is 6.50. The molecule has 0 radical (unpaired) electrons. The van der Waals surface area contributed by atoms with Crippen molar-refractivity contribution in [3.8, 4) is 11.4 Å². The van der Waals surface area contributed by atoms with Crippen LogP contribution in [0.2, 0.25) is 0 Å². The minimum atomic E-state index is -0.819. The van der Waals surface area contributed by atoms with Gasteiger partial charge in [-0.3, -0.25) is 14.8 Å². The van der Waals surface area contributed by atoms with Crippen LogP contribution in [0.25, 0.3) is 22.4 Å². The lowest BCUT2D eigenvalue weighted by molar-refractivity contribution is -0.138. The molecule has 21 heavy (non-hydrogen) atoms. The van der Waals surface area contributed by atoms with Crippen molar-refractivity contribution in [2.45, 2.75) is 12.3 Å². The van der Waals surface area contributed by atoms with E-state index in [4.69, 9.17) is 9.63 Å². The van der Waals surface area contributed by atoms with Crippen LogP contribution in [0, 0.1) is 5.92 Å². The molecule has 104 valence electrons. The second-order valence-electron chi connectivity index (χ2n) is 5.00. The van der Waals surface area contributed by atoms with E-state index < -0.39 is 11.9 Å². The first kappa shape index (κ1) is 12.0. The van der Waals surface area contributed by atoms with Gasteiger partial charge in [-0.1, -0.05) is 5.16 Å². The van der Waals surface area contributed by atoms with E-state index in [1.165, 1.54) is 0 Å². The SMILES string of the molecule is O=C(O)C1CC1c1nc(-c2ccc3nccnc3c2)no1. The van der Waals surface area contributed by atoms with E-state index in [2.05, 4.69) is 20.1 Å². The van der Waals surface area contributed by atoms with Crippen molar-refractivity contribution in [1.82, 2.24) is 20.1 Å². The summed E-state index contributed by atoms with van der Waals surface area (Å²) < 4.78 is 5.17. The van der Waals surface area contributed by atoms with Crippen molar-refractivity contribution in [2.24, 2.45) is 5.92 Å². The van der Waals surface area contributed by atoms with Crippen LogP contribution in [0.4, 0.5) is 0 Å². The molecule has 2 heterocycles. The number of carbonyl (C=O) groups is 1. The van der Waals surface area contributed by atoms with Crippen LogP contribution in [0.15, 0.2) is 35.1 Å². The Morgan fingerprint density at radius 1 is 1.24 bits per heavy atom. The predicted octanol–water partition coefficient (Wildman–Crippen LogP) is 1.87. The molecule has 7 heteroatoms. The average Bonchev–Trinajstić information content (AvgIpc) is 3.17. The number of benzene rings is 1. The number of nitrogens with zero attached hydrogens (tertiary/aromatic N) is 4. The Morgan fingerprint density at radius 2 is 2.05 bits per heavy atom. The van der Waals surface area contributed by atoms with Gasteiger partial charge in [0.15, 0.2) is 0 Å². The standard InChI is InChI=1S/C14H10N4O3/c19-14(20)9-6-8(9)13-17-12(18-21-13)7-1-2-10-11(5-7)16-4-3-15-10/h1-5,8-9H,6H2,(H,19,20). The zero-order chi connectivity index (χ0) is 14.4. The van der Waals surface area contributed by atoms with Gasteiger partial charge in [-0.15, -0.1) is 0 Å². The van der Waals surface area contributed by atoms with E-state index in [0.29, 0.717) is 18.1 Å². The van der Waals surface area contributed by atoms with Gasteiger partial charge in [0, 0.05) is 18.0 Å². The molecule has 3 aromatic rings. The quantitative estimate of drug-likeness (QED) is 0.782. The van der Waals surface area contributed by atoms with Crippen molar-refractivity contribution in [2.75, 3.05) is 0 Å². The number of aromatic nitrogens is 4. The Hall–Kier alpha value is -2.83. The summed E-state index contributed by atoms with van der Waals surface area (Å²) in [4.78, 5) is 23.6. The third-order valence-corrected chi connectivity index (χ3v) is 3.59. The van der Waals surface area contributed by atoms with Gasteiger partial charge in [0.1, 0.15) is 0 Å². The zero-order valence-corrected chi connectivity index (χ0v) is 10.8. The van der Waals surface area contributed by atoms with Gasteiger partial charge in [0.25, 0.3) is 0 Å². The summed E-state index contributed by atoms with van der Waals surface area (Å²) in [5.74, 6) is -0.560. The van der Waals surface area contributed by atoms with Crippen LogP contribution in [-0.4, -0.2) is 31.2 Å². The molecule has 1 saturated carbocycles. The minimum Gasteiger partial charge on any atom is -0.481 e. The molecule has 0 saturated heterocycles. The summed E-state index contributed by atoms with van der Waals surface area (Å²) in [7, 11) is 0. The minimum absolute atomic E-state index is 0.163. The molecule has 2 atom stereocenters. The Morgan fingerprint density at radius 3 is 2.81 bits per heavy atom. The normalized spacial score (nSPS) is 20.6. The second-order valence-corrected chi connectivity index (χ2v) is 5.00. The van der Waals surface area contributed by atoms with Gasteiger partial charge >= 0.3 is 5.97 Å². The Bertz CT molecular complexity index is 845. The average molecular weight is 282 g/mol. The molecule has 0 bridgehead atoms. The van der Waals surface area contributed by atoms with Gasteiger partial charge in [-0.2, -0.15) is 4.98 Å². The second kappa shape index (κ2) is 4.34. The maximum atomic E-state index is 10.9. The van der Waals surface area contributed by atoms with Crippen molar-refractivity contribution in [1.29, 1.82) is 0 Å². The van der Waals surface area contributed by atoms with Crippen LogP contribution in [0.5, 0.6) is 0 Å². The molecule has 7 nitrogen and oxygen atoms in total. The summed E-state index contributed by atoms with van der Waals surface area (Å²) in [5.41, 5.74) is 2.31. The topological polar surface area (TPSA) is 102 Å². The molecule has 2 aromatic heterocycles. The molecule has 2 unspecified atom stereocenters. The first-order valence-corrected chi connectivity index (χ1v) is 6.50. The van der Waals surface area contributed by atoms with Crippen LogP contribution in [-0.2, 0) is 4.79 Å². The molecule has 1 N–H and O–H groups in total. The number of aliphatic carboxylic acids is 1. The van der Waals surface area contributed by atoms with Crippen molar-refractivity contribution in [3.05, 3.63) is 36.5 Å². The fourth-order valence-corrected chi connectivity index (χ4v) is 2.35. The smallest absolute Gasteiger partial charge is 0.307 e. The fourth-order valence-electron chi connectivity index (χ4n) is 2.35. The monoisotopic (exact) mass is 282 g/mol. The molecule has 1 aliphatic rings. The highest BCUT2D eigenvalue weighted by molar-refractivity contribution is 5.79. The largest absolute Gasteiger partial charge is 0.481 e. The first-order chi connectivity index (χ1) is 10.2. The highest BCUT2D eigenvalue weighted by Crippen LogP contribution is 2.47. The molecule has 1 aliphatic carbocycles. The number of rotatable bonds is 3. The van der Waals surface area contributed by atoms with E-state index in [9.17, 15) is 4.79 Å². The summed E-state index contributed by atoms with van der Waals surface area (Å²) >= 11 is 0. The molecular weight excluding hydrogens is 272 g/mol. The summed E-state index contributed by atoms with van der Waals surface area (Å²) in [5, 5.41) is 12.8. The van der Waals surface area contributed by atoms with E-state index in [-0.39, 0.29) is 5.92 Å². The van der Waals surface area contributed by atoms with Gasteiger partial charge in [0.2, 0.25) is 11.7 Å². The number of carboxylic acids is 1. The summed E-state index contributed by atoms with van der Waals surface area (Å²) in [6.45, 7) is 0. The molecule has 0 aliphatic heterocycles. The summed E-state index contributed by atoms with van der Waals surface area (Å²) in [6.07, 6.45) is 3.81. The Labute approximate surface area is 118 Å². The Balaban J connectivity index is 1.66. The van der Waals surface area contributed by atoms with Crippen molar-refractivity contribution in [3.63, 3.8) is 0 Å². The van der Waals surface area contributed by atoms with Crippen molar-refractivity contribution < 1.29 is 14.4 Å². The maximum absolute atomic E-state index is 10.9. The van der Waals surface area contributed by atoms with Crippen LogP contribution >= 0.6 is 0 Å². The molecule has 1 aromatic carbocycles. The highest BCUT2D eigenvalue weighted by Gasteiger charge is 2.48. The van der Waals surface area contributed by atoms with Gasteiger partial charge in [-0.25, -0.2) is 0 Å². The van der Waals surface area contributed by atoms with Crippen LogP contribution in [0.3, 0.4) is 0 Å². The number of fused-ring (bicyclic) bond motifs is 1. The fraction of sp³-hybridized carbons (Fsp3) is 0.214. The Kier molecular flexibility index (Phi) is 2.47. The third-order valence-electron chi connectivity index (χ3n) is 3.59. The zero-order valence-electron chi connectivity index (χ0n) is 10.8. The summed E-state index contributed by atoms with van der Waals surface area (Å²) in [6, 6.07) is 5.51. The van der Waals surface area contributed by atoms with Crippen molar-refractivity contribution >= 4 is 17.0 Å². The molecule has 0 spiro atoms. The van der Waals surface area contributed by atoms with E-state index in [1.807, 2.05) is 18.2 Å². The third kappa shape index (κ3) is 2.03. The highest BCUT2D eigenvalue weighted by atomic mass is 16.5. The van der Waals surface area contributed by atoms with E-state index in [1.54, 1.807) is 12.4 Å². The number of hydrogen-bond donors (Lipinski definition) is 1. The van der Waals surface area contributed by atoms with Crippen LogP contribution in [0.1, 0.15) is 18.2 Å². The number of carboxylic acid groups (broad SMARTS) is 1. The lowest BCUT2D eigenvalue weighted by atomic mass is 10.2.